The molecule has 5 nitrogen and oxygen atoms in total. The van der Waals surface area contributed by atoms with Crippen molar-refractivity contribution in [3.63, 3.8) is 0 Å². The van der Waals surface area contributed by atoms with E-state index in [0.717, 1.165) is 17.5 Å². The summed E-state index contributed by atoms with van der Waals surface area (Å²) < 4.78 is 0. The summed E-state index contributed by atoms with van der Waals surface area (Å²) in [4.78, 5) is 10.4. The van der Waals surface area contributed by atoms with E-state index in [0.29, 0.717) is 23.4 Å². The maximum Gasteiger partial charge on any atom is 0.270 e. The van der Waals surface area contributed by atoms with Crippen molar-refractivity contribution < 1.29 is 4.92 Å². The smallest absolute Gasteiger partial charge is 0.270 e. The number of rotatable bonds is 3. The molecule has 114 valence electrons. The number of nitrogens with one attached hydrogen (secondary N) is 1. The molecule has 22 heavy (non-hydrogen) atoms. The molecule has 4 fully saturated rings. The van der Waals surface area contributed by atoms with E-state index in [-0.39, 0.29) is 5.69 Å². The molecule has 0 saturated heterocycles. The quantitative estimate of drug-likeness (QED) is 0.681. The lowest BCUT2D eigenvalue weighted by atomic mass is 9.54. The lowest BCUT2D eigenvalue weighted by molar-refractivity contribution is -0.384. The van der Waals surface area contributed by atoms with Gasteiger partial charge in [0.05, 0.1) is 16.2 Å². The van der Waals surface area contributed by atoms with E-state index in [2.05, 4.69) is 11.4 Å². The molecule has 0 spiro atoms. The third kappa shape index (κ3) is 2.14. The first kappa shape index (κ1) is 13.6. The molecule has 5 rings (SSSR count). The molecule has 0 aromatic heterocycles. The molecule has 0 aliphatic heterocycles. The van der Waals surface area contributed by atoms with Crippen LogP contribution in [0, 0.1) is 45.1 Å². The van der Waals surface area contributed by atoms with Crippen molar-refractivity contribution in [2.24, 2.45) is 23.7 Å². The number of nitro benzene ring substituents is 1. The largest absolute Gasteiger partial charge is 0.381 e. The van der Waals surface area contributed by atoms with Crippen LogP contribution in [0.25, 0.3) is 0 Å². The summed E-state index contributed by atoms with van der Waals surface area (Å²) >= 11 is 0. The number of non-ortho nitro benzene ring substituents is 1. The molecule has 0 unspecified atom stereocenters. The summed E-state index contributed by atoms with van der Waals surface area (Å²) in [5.41, 5.74) is 1.11. The summed E-state index contributed by atoms with van der Waals surface area (Å²) in [7, 11) is 0. The molecule has 0 atom stereocenters. The molecule has 0 heterocycles. The van der Waals surface area contributed by atoms with Gasteiger partial charge in [-0.25, -0.2) is 0 Å². The standard InChI is InChI=1S/C17H19N3O2/c18-9-14-8-15(20(21)22)1-2-16(14)19-17-12-4-10-3-11(6-12)7-13(17)5-10/h1-2,8,10-13,17,19H,3-7H2. The number of hydrogen-bond acceptors (Lipinski definition) is 4. The third-order valence-electron chi connectivity index (χ3n) is 5.88. The Labute approximate surface area is 129 Å². The summed E-state index contributed by atoms with van der Waals surface area (Å²) in [6, 6.07) is 7.08. The van der Waals surface area contributed by atoms with Crippen LogP contribution < -0.4 is 5.32 Å². The van der Waals surface area contributed by atoms with E-state index in [1.165, 1.54) is 44.2 Å². The van der Waals surface area contributed by atoms with E-state index in [1.54, 1.807) is 6.07 Å². The van der Waals surface area contributed by atoms with Gasteiger partial charge in [0, 0.05) is 18.2 Å². The Bertz CT molecular complexity index is 636. The Kier molecular flexibility index (Phi) is 3.07. The summed E-state index contributed by atoms with van der Waals surface area (Å²) in [5.74, 6) is 3.23. The Morgan fingerprint density at radius 3 is 2.32 bits per heavy atom. The molecular formula is C17H19N3O2. The number of benzene rings is 1. The molecule has 4 aliphatic carbocycles. The van der Waals surface area contributed by atoms with E-state index < -0.39 is 4.92 Å². The van der Waals surface area contributed by atoms with E-state index in [4.69, 9.17) is 0 Å². The van der Waals surface area contributed by atoms with Gasteiger partial charge in [0.15, 0.2) is 0 Å². The maximum absolute atomic E-state index is 10.8. The van der Waals surface area contributed by atoms with Crippen molar-refractivity contribution in [3.05, 3.63) is 33.9 Å². The van der Waals surface area contributed by atoms with Gasteiger partial charge in [0.1, 0.15) is 6.07 Å². The van der Waals surface area contributed by atoms with Crippen molar-refractivity contribution in [2.45, 2.75) is 38.1 Å². The maximum atomic E-state index is 10.8. The second-order valence-electron chi connectivity index (χ2n) is 7.20. The third-order valence-corrected chi connectivity index (χ3v) is 5.88. The lowest BCUT2D eigenvalue weighted by Crippen LogP contribution is -2.51. The van der Waals surface area contributed by atoms with Crippen molar-refractivity contribution in [2.75, 3.05) is 5.32 Å². The number of anilines is 1. The van der Waals surface area contributed by atoms with Crippen molar-refractivity contribution in [3.8, 4) is 6.07 Å². The minimum absolute atomic E-state index is 0.0211. The van der Waals surface area contributed by atoms with Gasteiger partial charge < -0.3 is 5.32 Å². The lowest BCUT2D eigenvalue weighted by Gasteiger charge is -2.54. The molecular weight excluding hydrogens is 278 g/mol. The Hall–Kier alpha value is -2.09. The minimum Gasteiger partial charge on any atom is -0.381 e. The SMILES string of the molecule is N#Cc1cc([N+](=O)[O-])ccc1NC1C2CC3CC(C2)CC1C3. The topological polar surface area (TPSA) is 79.0 Å². The molecule has 4 saturated carbocycles. The summed E-state index contributed by atoms with van der Waals surface area (Å²) in [6.45, 7) is 0. The molecule has 1 aromatic rings. The van der Waals surface area contributed by atoms with Crippen LogP contribution >= 0.6 is 0 Å². The van der Waals surface area contributed by atoms with Crippen molar-refractivity contribution >= 4 is 11.4 Å². The highest BCUT2D eigenvalue weighted by Crippen LogP contribution is 2.54. The molecule has 5 heteroatoms. The molecule has 0 radical (unpaired) electrons. The second-order valence-corrected chi connectivity index (χ2v) is 7.20. The first-order chi connectivity index (χ1) is 10.6. The Morgan fingerprint density at radius 2 is 1.77 bits per heavy atom. The van der Waals surface area contributed by atoms with Gasteiger partial charge in [-0.15, -0.1) is 0 Å². The van der Waals surface area contributed by atoms with Crippen LogP contribution in [0.4, 0.5) is 11.4 Å². The highest BCUT2D eigenvalue weighted by Gasteiger charge is 2.48. The fourth-order valence-corrected chi connectivity index (χ4v) is 5.20. The average Bonchev–Trinajstić information content (AvgIpc) is 2.50. The highest BCUT2D eigenvalue weighted by atomic mass is 16.6. The number of nitriles is 1. The van der Waals surface area contributed by atoms with Crippen LogP contribution in [-0.4, -0.2) is 11.0 Å². The predicted molar refractivity (Wildman–Crippen MR) is 82.3 cm³/mol. The van der Waals surface area contributed by atoms with Crippen LogP contribution in [0.2, 0.25) is 0 Å². The number of nitro groups is 1. The molecule has 4 aliphatic rings. The number of nitrogens with zero attached hydrogens (tertiary/aromatic N) is 2. The zero-order valence-electron chi connectivity index (χ0n) is 12.4. The Balaban J connectivity index is 1.59. The first-order valence-electron chi connectivity index (χ1n) is 8.09. The van der Waals surface area contributed by atoms with E-state index in [1.807, 2.05) is 0 Å². The van der Waals surface area contributed by atoms with Gasteiger partial charge in [0.25, 0.3) is 5.69 Å². The second kappa shape index (κ2) is 4.98. The molecule has 1 N–H and O–H groups in total. The van der Waals surface area contributed by atoms with Gasteiger partial charge in [-0.3, -0.25) is 10.1 Å². The summed E-state index contributed by atoms with van der Waals surface area (Å²) in [5, 5.41) is 23.7. The van der Waals surface area contributed by atoms with Crippen molar-refractivity contribution in [1.29, 1.82) is 5.26 Å². The summed E-state index contributed by atoms with van der Waals surface area (Å²) in [6.07, 6.45) is 6.64. The minimum atomic E-state index is -0.451. The van der Waals surface area contributed by atoms with Crippen molar-refractivity contribution in [1.82, 2.24) is 0 Å². The average molecular weight is 297 g/mol. The number of hydrogen-bond donors (Lipinski definition) is 1. The van der Waals surface area contributed by atoms with Crippen LogP contribution in [0.5, 0.6) is 0 Å². The zero-order valence-corrected chi connectivity index (χ0v) is 12.4. The molecule has 4 bridgehead atoms. The van der Waals surface area contributed by atoms with Gasteiger partial charge in [-0.1, -0.05) is 0 Å². The highest BCUT2D eigenvalue weighted by molar-refractivity contribution is 5.62. The normalized spacial score (nSPS) is 35.1. The van der Waals surface area contributed by atoms with Crippen LogP contribution in [-0.2, 0) is 0 Å². The van der Waals surface area contributed by atoms with E-state index >= 15 is 0 Å². The van der Waals surface area contributed by atoms with Gasteiger partial charge >= 0.3 is 0 Å². The van der Waals surface area contributed by atoms with Crippen LogP contribution in [0.3, 0.4) is 0 Å². The molecule has 0 amide bonds. The predicted octanol–water partition coefficient (Wildman–Crippen LogP) is 3.70. The van der Waals surface area contributed by atoms with Gasteiger partial charge in [-0.05, 0) is 61.8 Å². The zero-order chi connectivity index (χ0) is 15.3. The first-order valence-corrected chi connectivity index (χ1v) is 8.09. The van der Waals surface area contributed by atoms with Crippen LogP contribution in [0.1, 0.15) is 37.7 Å². The van der Waals surface area contributed by atoms with Crippen LogP contribution in [0.15, 0.2) is 18.2 Å². The monoisotopic (exact) mass is 297 g/mol. The fraction of sp³-hybridized carbons (Fsp3) is 0.588. The van der Waals surface area contributed by atoms with Gasteiger partial charge in [0.2, 0.25) is 0 Å². The fourth-order valence-electron chi connectivity index (χ4n) is 5.20. The van der Waals surface area contributed by atoms with Gasteiger partial charge in [-0.2, -0.15) is 5.26 Å². The molecule has 1 aromatic carbocycles. The van der Waals surface area contributed by atoms with E-state index in [9.17, 15) is 15.4 Å². The Morgan fingerprint density at radius 1 is 1.14 bits per heavy atom.